The van der Waals surface area contributed by atoms with Gasteiger partial charge in [-0.05, 0) is 44.9 Å². The zero-order chi connectivity index (χ0) is 15.9. The SMILES string of the molecule is CCOC1CC(CCNC(=O)N2CCCC(C(=O)NC)C2)C1. The Balaban J connectivity index is 1.62. The highest BCUT2D eigenvalue weighted by Gasteiger charge is 2.30. The second-order valence-corrected chi connectivity index (χ2v) is 6.33. The summed E-state index contributed by atoms with van der Waals surface area (Å²) >= 11 is 0. The van der Waals surface area contributed by atoms with Crippen LogP contribution in [0.25, 0.3) is 0 Å². The van der Waals surface area contributed by atoms with Gasteiger partial charge < -0.3 is 20.3 Å². The number of urea groups is 1. The van der Waals surface area contributed by atoms with E-state index in [1.165, 1.54) is 0 Å². The maximum Gasteiger partial charge on any atom is 0.317 e. The number of likely N-dealkylation sites (tertiary alicyclic amines) is 1. The Hall–Kier alpha value is -1.30. The number of piperidine rings is 1. The van der Waals surface area contributed by atoms with Crippen LogP contribution in [-0.4, -0.2) is 56.2 Å². The van der Waals surface area contributed by atoms with Crippen LogP contribution in [0.15, 0.2) is 0 Å². The third kappa shape index (κ3) is 4.60. The van der Waals surface area contributed by atoms with Gasteiger partial charge in [-0.3, -0.25) is 4.79 Å². The van der Waals surface area contributed by atoms with E-state index in [0.29, 0.717) is 25.1 Å². The monoisotopic (exact) mass is 311 g/mol. The molecule has 0 spiro atoms. The topological polar surface area (TPSA) is 70.7 Å². The zero-order valence-corrected chi connectivity index (χ0v) is 13.8. The van der Waals surface area contributed by atoms with Gasteiger partial charge >= 0.3 is 6.03 Å². The molecule has 2 N–H and O–H groups in total. The predicted octanol–water partition coefficient (Wildman–Crippen LogP) is 1.36. The average molecular weight is 311 g/mol. The molecule has 0 aromatic carbocycles. The minimum Gasteiger partial charge on any atom is -0.378 e. The fraction of sp³-hybridized carbons (Fsp3) is 0.875. The quantitative estimate of drug-likeness (QED) is 0.778. The molecule has 126 valence electrons. The van der Waals surface area contributed by atoms with Gasteiger partial charge in [0.05, 0.1) is 12.0 Å². The van der Waals surface area contributed by atoms with Gasteiger partial charge in [0.25, 0.3) is 0 Å². The van der Waals surface area contributed by atoms with E-state index in [2.05, 4.69) is 10.6 Å². The average Bonchev–Trinajstić information content (AvgIpc) is 2.51. The van der Waals surface area contributed by atoms with Crippen molar-refractivity contribution in [1.82, 2.24) is 15.5 Å². The maximum atomic E-state index is 12.2. The van der Waals surface area contributed by atoms with Crippen molar-refractivity contribution in [3.05, 3.63) is 0 Å². The van der Waals surface area contributed by atoms with E-state index in [4.69, 9.17) is 4.74 Å². The first kappa shape index (κ1) is 17.1. The first-order valence-electron chi connectivity index (χ1n) is 8.50. The predicted molar refractivity (Wildman–Crippen MR) is 84.5 cm³/mol. The normalized spacial score (nSPS) is 27.9. The molecule has 1 aliphatic heterocycles. The van der Waals surface area contributed by atoms with Crippen molar-refractivity contribution in [3.8, 4) is 0 Å². The van der Waals surface area contributed by atoms with E-state index in [1.807, 2.05) is 6.92 Å². The Morgan fingerprint density at radius 3 is 2.77 bits per heavy atom. The van der Waals surface area contributed by atoms with Gasteiger partial charge in [0.1, 0.15) is 0 Å². The van der Waals surface area contributed by atoms with E-state index in [1.54, 1.807) is 11.9 Å². The second kappa shape index (κ2) is 8.36. The van der Waals surface area contributed by atoms with Crippen LogP contribution in [0.2, 0.25) is 0 Å². The van der Waals surface area contributed by atoms with Crippen LogP contribution < -0.4 is 10.6 Å². The molecule has 3 amide bonds. The lowest BCUT2D eigenvalue weighted by Gasteiger charge is -2.35. The number of carbonyl (C=O) groups excluding carboxylic acids is 2. The van der Waals surface area contributed by atoms with Crippen molar-refractivity contribution in [2.24, 2.45) is 11.8 Å². The summed E-state index contributed by atoms with van der Waals surface area (Å²) in [6.07, 6.45) is 5.44. The standard InChI is InChI=1S/C16H29N3O3/c1-3-22-14-9-12(10-14)6-7-18-16(21)19-8-4-5-13(11-19)15(20)17-2/h12-14H,3-11H2,1-2H3,(H,17,20)(H,18,21). The summed E-state index contributed by atoms with van der Waals surface area (Å²) in [4.78, 5) is 25.6. The Bertz CT molecular complexity index is 383. The van der Waals surface area contributed by atoms with Crippen molar-refractivity contribution in [2.45, 2.75) is 45.1 Å². The van der Waals surface area contributed by atoms with Gasteiger partial charge in [0.2, 0.25) is 5.91 Å². The van der Waals surface area contributed by atoms with E-state index in [9.17, 15) is 9.59 Å². The molecule has 2 rings (SSSR count). The van der Waals surface area contributed by atoms with Crippen LogP contribution in [0.4, 0.5) is 4.79 Å². The number of rotatable bonds is 6. The lowest BCUT2D eigenvalue weighted by atomic mass is 9.80. The molecule has 6 nitrogen and oxygen atoms in total. The van der Waals surface area contributed by atoms with E-state index in [0.717, 1.165) is 45.3 Å². The Morgan fingerprint density at radius 2 is 2.09 bits per heavy atom. The second-order valence-electron chi connectivity index (χ2n) is 6.33. The first-order chi connectivity index (χ1) is 10.6. The van der Waals surface area contributed by atoms with Crippen LogP contribution in [-0.2, 0) is 9.53 Å². The largest absolute Gasteiger partial charge is 0.378 e. The zero-order valence-electron chi connectivity index (χ0n) is 13.8. The van der Waals surface area contributed by atoms with E-state index in [-0.39, 0.29) is 17.9 Å². The number of nitrogens with zero attached hydrogens (tertiary/aromatic N) is 1. The van der Waals surface area contributed by atoms with Crippen LogP contribution in [0, 0.1) is 11.8 Å². The molecule has 2 fully saturated rings. The van der Waals surface area contributed by atoms with E-state index >= 15 is 0 Å². The Morgan fingerprint density at radius 1 is 1.32 bits per heavy atom. The fourth-order valence-corrected chi connectivity index (χ4v) is 3.36. The molecule has 1 aliphatic carbocycles. The van der Waals surface area contributed by atoms with Crippen LogP contribution in [0.5, 0.6) is 0 Å². The van der Waals surface area contributed by atoms with Crippen molar-refractivity contribution in [1.29, 1.82) is 0 Å². The summed E-state index contributed by atoms with van der Waals surface area (Å²) in [7, 11) is 1.65. The summed E-state index contributed by atoms with van der Waals surface area (Å²) in [6, 6.07) is -0.0331. The number of ether oxygens (including phenoxy) is 1. The molecule has 1 saturated carbocycles. The fourth-order valence-electron chi connectivity index (χ4n) is 3.36. The van der Waals surface area contributed by atoms with Gasteiger partial charge in [0.15, 0.2) is 0 Å². The highest BCUT2D eigenvalue weighted by Crippen LogP contribution is 2.32. The van der Waals surface area contributed by atoms with Crippen molar-refractivity contribution in [3.63, 3.8) is 0 Å². The third-order valence-electron chi connectivity index (χ3n) is 4.75. The number of hydrogen-bond acceptors (Lipinski definition) is 3. The molecule has 0 radical (unpaired) electrons. The molecule has 0 bridgehead atoms. The van der Waals surface area contributed by atoms with E-state index < -0.39 is 0 Å². The molecule has 0 aromatic heterocycles. The summed E-state index contributed by atoms with van der Waals surface area (Å²) in [6.45, 7) is 4.80. The maximum absolute atomic E-state index is 12.2. The summed E-state index contributed by atoms with van der Waals surface area (Å²) in [5.74, 6) is 0.647. The lowest BCUT2D eigenvalue weighted by Crippen LogP contribution is -2.49. The van der Waals surface area contributed by atoms with Crippen LogP contribution in [0.1, 0.15) is 39.0 Å². The summed E-state index contributed by atoms with van der Waals surface area (Å²) < 4.78 is 5.54. The minimum atomic E-state index is -0.0666. The summed E-state index contributed by atoms with van der Waals surface area (Å²) in [5, 5.41) is 5.66. The number of hydrogen-bond donors (Lipinski definition) is 2. The molecular weight excluding hydrogens is 282 g/mol. The molecule has 0 aromatic rings. The molecule has 1 atom stereocenters. The van der Waals surface area contributed by atoms with Gasteiger partial charge in [-0.2, -0.15) is 0 Å². The van der Waals surface area contributed by atoms with Crippen molar-refractivity contribution < 1.29 is 14.3 Å². The van der Waals surface area contributed by atoms with Gasteiger partial charge in [0, 0.05) is 33.3 Å². The Kier molecular flexibility index (Phi) is 6.49. The Labute approximate surface area is 132 Å². The van der Waals surface area contributed by atoms with Gasteiger partial charge in [-0.25, -0.2) is 4.79 Å². The van der Waals surface area contributed by atoms with Crippen LogP contribution in [0.3, 0.4) is 0 Å². The summed E-state index contributed by atoms with van der Waals surface area (Å²) in [5.41, 5.74) is 0. The van der Waals surface area contributed by atoms with Gasteiger partial charge in [-0.1, -0.05) is 0 Å². The lowest BCUT2D eigenvalue weighted by molar-refractivity contribution is -0.125. The smallest absolute Gasteiger partial charge is 0.317 e. The molecule has 6 heteroatoms. The molecule has 22 heavy (non-hydrogen) atoms. The van der Waals surface area contributed by atoms with Crippen LogP contribution >= 0.6 is 0 Å². The number of nitrogens with one attached hydrogen (secondary N) is 2. The third-order valence-corrected chi connectivity index (χ3v) is 4.75. The highest BCUT2D eigenvalue weighted by atomic mass is 16.5. The molecular formula is C16H29N3O3. The minimum absolute atomic E-state index is 0.0331. The number of carbonyl (C=O) groups is 2. The highest BCUT2D eigenvalue weighted by molar-refractivity contribution is 5.80. The number of amides is 3. The molecule has 1 saturated heterocycles. The molecule has 1 heterocycles. The van der Waals surface area contributed by atoms with Gasteiger partial charge in [-0.15, -0.1) is 0 Å². The van der Waals surface area contributed by atoms with Crippen molar-refractivity contribution >= 4 is 11.9 Å². The molecule has 2 aliphatic rings. The molecule has 1 unspecified atom stereocenters. The van der Waals surface area contributed by atoms with Crippen molar-refractivity contribution in [2.75, 3.05) is 33.3 Å². The first-order valence-corrected chi connectivity index (χ1v) is 8.50.